The topological polar surface area (TPSA) is 51.2 Å². The SMILES string of the molecule is CCOc1cc(C(=O)N2CCN(c3cccc(C)c3)CC2)cc(OCC)c1OCC. The van der Waals surface area contributed by atoms with Crippen LogP contribution in [0.15, 0.2) is 36.4 Å². The standard InChI is InChI=1S/C24H32N2O4/c1-5-28-21-16-19(17-22(29-6-2)23(21)30-7-3)24(27)26-13-11-25(12-14-26)20-10-8-9-18(4)15-20/h8-10,15-17H,5-7,11-14H2,1-4H3. The van der Waals surface area contributed by atoms with Crippen LogP contribution >= 0.6 is 0 Å². The number of aryl methyl sites for hydroxylation is 1. The van der Waals surface area contributed by atoms with E-state index in [0.29, 0.717) is 55.7 Å². The van der Waals surface area contributed by atoms with Crippen LogP contribution in [-0.4, -0.2) is 56.8 Å². The van der Waals surface area contributed by atoms with Crippen molar-refractivity contribution in [2.75, 3.05) is 50.9 Å². The predicted molar refractivity (Wildman–Crippen MR) is 119 cm³/mol. The number of hydrogen-bond donors (Lipinski definition) is 0. The van der Waals surface area contributed by atoms with E-state index in [2.05, 4.69) is 36.1 Å². The molecule has 1 amide bonds. The fraction of sp³-hybridized carbons (Fsp3) is 0.458. The van der Waals surface area contributed by atoms with Crippen LogP contribution in [0.4, 0.5) is 5.69 Å². The fourth-order valence-electron chi connectivity index (χ4n) is 3.69. The summed E-state index contributed by atoms with van der Waals surface area (Å²) < 4.78 is 17.3. The van der Waals surface area contributed by atoms with Crippen LogP contribution in [0.25, 0.3) is 0 Å². The van der Waals surface area contributed by atoms with Crippen LogP contribution in [0.3, 0.4) is 0 Å². The van der Waals surface area contributed by atoms with E-state index in [9.17, 15) is 4.79 Å². The zero-order valence-electron chi connectivity index (χ0n) is 18.4. The van der Waals surface area contributed by atoms with Crippen molar-refractivity contribution in [3.8, 4) is 17.2 Å². The van der Waals surface area contributed by atoms with Crippen molar-refractivity contribution in [1.82, 2.24) is 4.90 Å². The lowest BCUT2D eigenvalue weighted by molar-refractivity contribution is 0.0745. The van der Waals surface area contributed by atoms with Gasteiger partial charge in [-0.05, 0) is 57.5 Å². The number of rotatable bonds is 8. The van der Waals surface area contributed by atoms with Crippen molar-refractivity contribution in [2.45, 2.75) is 27.7 Å². The Bertz CT molecular complexity index is 833. The number of carbonyl (C=O) groups is 1. The molecule has 1 aliphatic rings. The van der Waals surface area contributed by atoms with Crippen LogP contribution in [0.5, 0.6) is 17.2 Å². The second-order valence-corrected chi connectivity index (χ2v) is 7.22. The summed E-state index contributed by atoms with van der Waals surface area (Å²) in [5.74, 6) is 1.64. The molecule has 6 heteroatoms. The highest BCUT2D eigenvalue weighted by Crippen LogP contribution is 2.39. The Morgan fingerprint density at radius 2 is 1.47 bits per heavy atom. The number of anilines is 1. The minimum Gasteiger partial charge on any atom is -0.490 e. The number of benzene rings is 2. The zero-order valence-corrected chi connectivity index (χ0v) is 18.4. The van der Waals surface area contributed by atoms with E-state index in [1.165, 1.54) is 11.3 Å². The summed E-state index contributed by atoms with van der Waals surface area (Å²) in [4.78, 5) is 17.5. The molecule has 30 heavy (non-hydrogen) atoms. The minimum absolute atomic E-state index is 0.0103. The van der Waals surface area contributed by atoms with Crippen molar-refractivity contribution >= 4 is 11.6 Å². The molecular weight excluding hydrogens is 380 g/mol. The van der Waals surface area contributed by atoms with Crippen LogP contribution in [0, 0.1) is 6.92 Å². The number of hydrogen-bond acceptors (Lipinski definition) is 5. The fourth-order valence-corrected chi connectivity index (χ4v) is 3.69. The van der Waals surface area contributed by atoms with Crippen molar-refractivity contribution in [1.29, 1.82) is 0 Å². The molecule has 1 aliphatic heterocycles. The number of piperazine rings is 1. The molecule has 0 unspecified atom stereocenters. The molecule has 0 bridgehead atoms. The Kier molecular flexibility index (Phi) is 7.44. The summed E-state index contributed by atoms with van der Waals surface area (Å²) in [5.41, 5.74) is 3.02. The van der Waals surface area contributed by atoms with E-state index >= 15 is 0 Å². The molecule has 0 aliphatic carbocycles. The first-order chi connectivity index (χ1) is 14.6. The van der Waals surface area contributed by atoms with Crippen LogP contribution in [0.1, 0.15) is 36.7 Å². The van der Waals surface area contributed by atoms with Crippen LogP contribution in [-0.2, 0) is 0 Å². The monoisotopic (exact) mass is 412 g/mol. The normalized spacial score (nSPS) is 13.9. The first-order valence-electron chi connectivity index (χ1n) is 10.7. The van der Waals surface area contributed by atoms with Crippen LogP contribution in [0.2, 0.25) is 0 Å². The van der Waals surface area contributed by atoms with E-state index in [1.807, 2.05) is 25.7 Å². The van der Waals surface area contributed by atoms with Gasteiger partial charge in [-0.15, -0.1) is 0 Å². The number of amides is 1. The molecule has 2 aromatic rings. The van der Waals surface area contributed by atoms with Gasteiger partial charge in [0.2, 0.25) is 5.75 Å². The molecule has 0 radical (unpaired) electrons. The van der Waals surface area contributed by atoms with Gasteiger partial charge in [0.05, 0.1) is 19.8 Å². The van der Waals surface area contributed by atoms with E-state index in [-0.39, 0.29) is 5.91 Å². The summed E-state index contributed by atoms with van der Waals surface area (Å²) in [6, 6.07) is 12.0. The zero-order chi connectivity index (χ0) is 21.5. The maximum atomic E-state index is 13.2. The smallest absolute Gasteiger partial charge is 0.254 e. The third-order valence-electron chi connectivity index (χ3n) is 5.09. The molecule has 0 spiro atoms. The summed E-state index contributed by atoms with van der Waals surface area (Å²) in [7, 11) is 0. The molecule has 0 N–H and O–H groups in total. The van der Waals surface area contributed by atoms with Gasteiger partial charge < -0.3 is 24.0 Å². The number of carbonyl (C=O) groups excluding carboxylic acids is 1. The number of ether oxygens (including phenoxy) is 3. The van der Waals surface area contributed by atoms with Crippen molar-refractivity contribution < 1.29 is 19.0 Å². The van der Waals surface area contributed by atoms with Gasteiger partial charge >= 0.3 is 0 Å². The molecule has 1 heterocycles. The van der Waals surface area contributed by atoms with Gasteiger partial charge in [0, 0.05) is 37.4 Å². The lowest BCUT2D eigenvalue weighted by Crippen LogP contribution is -2.48. The van der Waals surface area contributed by atoms with Gasteiger partial charge in [-0.1, -0.05) is 12.1 Å². The first kappa shape index (κ1) is 21.8. The Labute approximate surface area is 179 Å². The van der Waals surface area contributed by atoms with E-state index in [1.54, 1.807) is 12.1 Å². The van der Waals surface area contributed by atoms with Gasteiger partial charge in [-0.25, -0.2) is 0 Å². The Morgan fingerprint density at radius 3 is 2.00 bits per heavy atom. The summed E-state index contributed by atoms with van der Waals surface area (Å²) in [6.07, 6.45) is 0. The van der Waals surface area contributed by atoms with Crippen molar-refractivity contribution in [2.24, 2.45) is 0 Å². The molecule has 0 saturated carbocycles. The molecule has 1 saturated heterocycles. The second-order valence-electron chi connectivity index (χ2n) is 7.22. The third-order valence-corrected chi connectivity index (χ3v) is 5.09. The molecule has 3 rings (SSSR count). The largest absolute Gasteiger partial charge is 0.490 e. The maximum absolute atomic E-state index is 13.2. The molecule has 2 aromatic carbocycles. The van der Waals surface area contributed by atoms with Crippen LogP contribution < -0.4 is 19.1 Å². The lowest BCUT2D eigenvalue weighted by Gasteiger charge is -2.36. The van der Waals surface area contributed by atoms with Gasteiger partial charge in [0.15, 0.2) is 11.5 Å². The van der Waals surface area contributed by atoms with E-state index in [0.717, 1.165) is 13.1 Å². The van der Waals surface area contributed by atoms with E-state index < -0.39 is 0 Å². The van der Waals surface area contributed by atoms with Gasteiger partial charge in [0.25, 0.3) is 5.91 Å². The lowest BCUT2D eigenvalue weighted by atomic mass is 10.1. The maximum Gasteiger partial charge on any atom is 0.254 e. The molecule has 0 atom stereocenters. The second kappa shape index (κ2) is 10.2. The highest BCUT2D eigenvalue weighted by molar-refractivity contribution is 5.95. The molecule has 162 valence electrons. The summed E-state index contributed by atoms with van der Waals surface area (Å²) >= 11 is 0. The molecular formula is C24H32N2O4. The third kappa shape index (κ3) is 4.99. The Morgan fingerprint density at radius 1 is 0.867 bits per heavy atom. The summed E-state index contributed by atoms with van der Waals surface area (Å²) in [5, 5.41) is 0. The minimum atomic E-state index is -0.0103. The average Bonchev–Trinajstić information content (AvgIpc) is 2.76. The highest BCUT2D eigenvalue weighted by Gasteiger charge is 2.25. The molecule has 6 nitrogen and oxygen atoms in total. The van der Waals surface area contributed by atoms with Gasteiger partial charge in [-0.2, -0.15) is 0 Å². The first-order valence-corrected chi connectivity index (χ1v) is 10.7. The highest BCUT2D eigenvalue weighted by atomic mass is 16.5. The molecule has 1 fully saturated rings. The quantitative estimate of drug-likeness (QED) is 0.652. The average molecular weight is 413 g/mol. The molecule has 0 aromatic heterocycles. The summed E-state index contributed by atoms with van der Waals surface area (Å²) in [6.45, 7) is 12.3. The Hall–Kier alpha value is -2.89. The van der Waals surface area contributed by atoms with E-state index in [4.69, 9.17) is 14.2 Å². The Balaban J connectivity index is 1.77. The van der Waals surface area contributed by atoms with Crippen molar-refractivity contribution in [3.05, 3.63) is 47.5 Å². The van der Waals surface area contributed by atoms with Gasteiger partial charge in [-0.3, -0.25) is 4.79 Å². The van der Waals surface area contributed by atoms with Crippen molar-refractivity contribution in [3.63, 3.8) is 0 Å². The number of nitrogens with zero attached hydrogens (tertiary/aromatic N) is 2. The predicted octanol–water partition coefficient (Wildman–Crippen LogP) is 4.15. The van der Waals surface area contributed by atoms with Gasteiger partial charge in [0.1, 0.15) is 0 Å².